The van der Waals surface area contributed by atoms with Gasteiger partial charge in [0.2, 0.25) is 0 Å². The Morgan fingerprint density at radius 3 is 2.62 bits per heavy atom. The first kappa shape index (κ1) is 13.9. The number of aryl methyl sites for hydroxylation is 1. The van der Waals surface area contributed by atoms with E-state index in [1.54, 1.807) is 17.4 Å². The van der Waals surface area contributed by atoms with Crippen molar-refractivity contribution in [3.63, 3.8) is 0 Å². The summed E-state index contributed by atoms with van der Waals surface area (Å²) in [6.45, 7) is 5.02. The van der Waals surface area contributed by atoms with Crippen molar-refractivity contribution < 1.29 is 4.79 Å². The number of nitrogens with zero attached hydrogens (tertiary/aromatic N) is 3. The molecule has 0 radical (unpaired) electrons. The number of amides is 1. The van der Waals surface area contributed by atoms with Crippen molar-refractivity contribution in [1.29, 1.82) is 0 Å². The van der Waals surface area contributed by atoms with E-state index in [0.29, 0.717) is 24.3 Å². The molecule has 2 heterocycles. The van der Waals surface area contributed by atoms with Crippen LogP contribution >= 0.6 is 11.3 Å². The molecule has 1 amide bonds. The number of rotatable bonds is 2. The maximum absolute atomic E-state index is 12.5. The lowest BCUT2D eigenvalue weighted by molar-refractivity contribution is 0.0746. The largest absolute Gasteiger partial charge is 0.399 e. The molecule has 0 atom stereocenters. The van der Waals surface area contributed by atoms with E-state index >= 15 is 0 Å². The normalized spacial score (nSPS) is 15.3. The first-order valence-corrected chi connectivity index (χ1v) is 7.82. The number of nitrogens with two attached hydrogens (primary N) is 1. The first-order valence-electron chi connectivity index (χ1n) is 6.94. The van der Waals surface area contributed by atoms with Crippen molar-refractivity contribution in [2.75, 3.05) is 36.8 Å². The van der Waals surface area contributed by atoms with Gasteiger partial charge in [-0.1, -0.05) is 0 Å². The van der Waals surface area contributed by atoms with Crippen molar-refractivity contribution in [3.05, 3.63) is 40.9 Å². The lowest BCUT2D eigenvalue weighted by Crippen LogP contribution is -2.48. The summed E-state index contributed by atoms with van der Waals surface area (Å²) in [7, 11) is 0. The molecule has 0 aliphatic carbocycles. The summed E-state index contributed by atoms with van der Waals surface area (Å²) in [4.78, 5) is 21.0. The van der Waals surface area contributed by atoms with Crippen molar-refractivity contribution in [1.82, 2.24) is 9.88 Å². The van der Waals surface area contributed by atoms with Gasteiger partial charge in [-0.05, 0) is 30.7 Å². The van der Waals surface area contributed by atoms with Crippen LogP contribution in [0.5, 0.6) is 0 Å². The predicted molar refractivity (Wildman–Crippen MR) is 85.8 cm³/mol. The highest BCUT2D eigenvalue weighted by molar-refractivity contribution is 7.13. The van der Waals surface area contributed by atoms with E-state index in [-0.39, 0.29) is 5.91 Å². The lowest BCUT2D eigenvalue weighted by atomic mass is 10.1. The minimum Gasteiger partial charge on any atom is -0.399 e. The molecule has 0 unspecified atom stereocenters. The second kappa shape index (κ2) is 5.73. The van der Waals surface area contributed by atoms with Crippen LogP contribution in [0.4, 0.5) is 10.8 Å². The van der Waals surface area contributed by atoms with E-state index in [2.05, 4.69) is 9.88 Å². The number of thiazole rings is 1. The summed E-state index contributed by atoms with van der Waals surface area (Å²) < 4.78 is 0. The smallest absolute Gasteiger partial charge is 0.254 e. The number of aromatic nitrogens is 1. The number of hydrogen-bond donors (Lipinski definition) is 1. The fourth-order valence-electron chi connectivity index (χ4n) is 2.59. The van der Waals surface area contributed by atoms with Crippen LogP contribution in [0.3, 0.4) is 0 Å². The highest BCUT2D eigenvalue weighted by Crippen LogP contribution is 2.20. The Kier molecular flexibility index (Phi) is 3.79. The van der Waals surface area contributed by atoms with Gasteiger partial charge in [0, 0.05) is 49.0 Å². The van der Waals surface area contributed by atoms with Crippen LogP contribution in [-0.4, -0.2) is 42.0 Å². The Morgan fingerprint density at radius 2 is 2.00 bits per heavy atom. The van der Waals surface area contributed by atoms with Crippen LogP contribution in [0.15, 0.2) is 29.8 Å². The van der Waals surface area contributed by atoms with Gasteiger partial charge in [-0.3, -0.25) is 4.79 Å². The topological polar surface area (TPSA) is 62.5 Å². The minimum absolute atomic E-state index is 0.0594. The van der Waals surface area contributed by atoms with E-state index in [0.717, 1.165) is 23.8 Å². The molecule has 3 rings (SSSR count). The second-order valence-corrected chi connectivity index (χ2v) is 6.10. The van der Waals surface area contributed by atoms with Gasteiger partial charge in [-0.25, -0.2) is 4.98 Å². The van der Waals surface area contributed by atoms with Crippen molar-refractivity contribution >= 4 is 28.1 Å². The highest BCUT2D eigenvalue weighted by atomic mass is 32.1. The Labute approximate surface area is 128 Å². The van der Waals surface area contributed by atoms with Crippen molar-refractivity contribution in [2.45, 2.75) is 6.92 Å². The summed E-state index contributed by atoms with van der Waals surface area (Å²) in [5.41, 5.74) is 8.16. The fourth-order valence-corrected chi connectivity index (χ4v) is 3.29. The monoisotopic (exact) mass is 302 g/mol. The standard InChI is InChI=1S/C15H18N4OS/c1-11-8-12(10-13(16)9-11)14(20)18-3-5-19(6-4-18)15-17-2-7-21-15/h2,7-10H,3-6,16H2,1H3. The van der Waals surface area contributed by atoms with Gasteiger partial charge in [0.25, 0.3) is 5.91 Å². The van der Waals surface area contributed by atoms with Gasteiger partial charge < -0.3 is 15.5 Å². The molecule has 5 nitrogen and oxygen atoms in total. The molecule has 1 aromatic carbocycles. The van der Waals surface area contributed by atoms with E-state index < -0.39 is 0 Å². The molecule has 1 fully saturated rings. The van der Waals surface area contributed by atoms with Crippen LogP contribution < -0.4 is 10.6 Å². The number of hydrogen-bond acceptors (Lipinski definition) is 5. The predicted octanol–water partition coefficient (Wildman–Crippen LogP) is 2.00. The minimum atomic E-state index is 0.0594. The third kappa shape index (κ3) is 3.00. The van der Waals surface area contributed by atoms with Crippen LogP contribution in [0.2, 0.25) is 0 Å². The maximum Gasteiger partial charge on any atom is 0.254 e. The Bertz CT molecular complexity index is 613. The number of carbonyl (C=O) groups is 1. The molecule has 1 aromatic heterocycles. The zero-order valence-electron chi connectivity index (χ0n) is 12.0. The number of piperazine rings is 1. The Morgan fingerprint density at radius 1 is 1.24 bits per heavy atom. The van der Waals surface area contributed by atoms with Gasteiger partial charge in [0.1, 0.15) is 0 Å². The molecular weight excluding hydrogens is 284 g/mol. The van der Waals surface area contributed by atoms with E-state index in [1.807, 2.05) is 35.5 Å². The van der Waals surface area contributed by atoms with Crippen LogP contribution in [0.25, 0.3) is 0 Å². The lowest BCUT2D eigenvalue weighted by Gasteiger charge is -2.34. The SMILES string of the molecule is Cc1cc(N)cc(C(=O)N2CCN(c3nccs3)CC2)c1. The maximum atomic E-state index is 12.5. The molecular formula is C15H18N4OS. The van der Waals surface area contributed by atoms with Gasteiger partial charge in [0.15, 0.2) is 5.13 Å². The number of anilines is 2. The average Bonchev–Trinajstić information content (AvgIpc) is 3.00. The second-order valence-electron chi connectivity index (χ2n) is 5.23. The highest BCUT2D eigenvalue weighted by Gasteiger charge is 2.23. The van der Waals surface area contributed by atoms with Crippen molar-refractivity contribution in [3.8, 4) is 0 Å². The number of carbonyl (C=O) groups excluding carboxylic acids is 1. The Balaban J connectivity index is 1.67. The van der Waals surface area contributed by atoms with Gasteiger partial charge in [-0.2, -0.15) is 0 Å². The molecule has 0 saturated carbocycles. The molecule has 0 bridgehead atoms. The van der Waals surface area contributed by atoms with Crippen LogP contribution in [0.1, 0.15) is 15.9 Å². The zero-order chi connectivity index (χ0) is 14.8. The molecule has 1 saturated heterocycles. The molecule has 110 valence electrons. The molecule has 0 spiro atoms. The molecule has 6 heteroatoms. The fraction of sp³-hybridized carbons (Fsp3) is 0.333. The van der Waals surface area contributed by atoms with E-state index in [9.17, 15) is 4.79 Å². The van der Waals surface area contributed by atoms with Gasteiger partial charge in [-0.15, -0.1) is 11.3 Å². The average molecular weight is 302 g/mol. The van der Waals surface area contributed by atoms with Crippen molar-refractivity contribution in [2.24, 2.45) is 0 Å². The third-order valence-electron chi connectivity index (χ3n) is 3.60. The summed E-state index contributed by atoms with van der Waals surface area (Å²) in [6, 6.07) is 5.52. The zero-order valence-corrected chi connectivity index (χ0v) is 12.8. The third-order valence-corrected chi connectivity index (χ3v) is 4.44. The molecule has 1 aliphatic heterocycles. The van der Waals surface area contributed by atoms with E-state index in [4.69, 9.17) is 5.73 Å². The van der Waals surface area contributed by atoms with Gasteiger partial charge in [0.05, 0.1) is 0 Å². The molecule has 21 heavy (non-hydrogen) atoms. The summed E-state index contributed by atoms with van der Waals surface area (Å²) in [6.07, 6.45) is 1.81. The number of nitrogen functional groups attached to an aromatic ring is 1. The number of benzene rings is 1. The molecule has 1 aliphatic rings. The summed E-state index contributed by atoms with van der Waals surface area (Å²) in [5.74, 6) is 0.0594. The molecule has 2 aromatic rings. The molecule has 2 N–H and O–H groups in total. The van der Waals surface area contributed by atoms with Crippen LogP contribution in [-0.2, 0) is 0 Å². The summed E-state index contributed by atoms with van der Waals surface area (Å²) in [5, 5.41) is 3.00. The Hall–Kier alpha value is -2.08. The van der Waals surface area contributed by atoms with Crippen LogP contribution in [0, 0.1) is 6.92 Å². The summed E-state index contributed by atoms with van der Waals surface area (Å²) >= 11 is 1.63. The van der Waals surface area contributed by atoms with E-state index in [1.165, 1.54) is 0 Å². The first-order chi connectivity index (χ1) is 10.1. The quantitative estimate of drug-likeness (QED) is 0.862. The van der Waals surface area contributed by atoms with Gasteiger partial charge >= 0.3 is 0 Å².